The Bertz CT molecular complexity index is 844. The van der Waals surface area contributed by atoms with Crippen LogP contribution >= 0.6 is 11.6 Å². The van der Waals surface area contributed by atoms with E-state index in [4.69, 9.17) is 25.9 Å². The molecule has 0 amide bonds. The number of ether oxygens (including phenoxy) is 1. The van der Waals surface area contributed by atoms with Crippen LogP contribution in [0.3, 0.4) is 0 Å². The molecule has 31 heavy (non-hydrogen) atoms. The lowest BCUT2D eigenvalue weighted by Crippen LogP contribution is -2.43. The summed E-state index contributed by atoms with van der Waals surface area (Å²) in [5.74, 6) is 2.39. The van der Waals surface area contributed by atoms with Crippen LogP contribution in [-0.4, -0.2) is 48.4 Å². The van der Waals surface area contributed by atoms with E-state index in [-0.39, 0.29) is 11.5 Å². The molecule has 1 fully saturated rings. The Hall–Kier alpha value is -2.12. The lowest BCUT2D eigenvalue weighted by Gasteiger charge is -2.39. The van der Waals surface area contributed by atoms with Gasteiger partial charge in [-0.2, -0.15) is 4.98 Å². The van der Waals surface area contributed by atoms with E-state index in [2.05, 4.69) is 48.5 Å². The minimum Gasteiger partial charge on any atom is -0.377 e. The zero-order chi connectivity index (χ0) is 22.3. The summed E-state index contributed by atoms with van der Waals surface area (Å²) in [6.07, 6.45) is 3.10. The predicted octanol–water partition coefficient (Wildman–Crippen LogP) is 4.33. The van der Waals surface area contributed by atoms with Crippen molar-refractivity contribution in [2.45, 2.75) is 53.1 Å². The Morgan fingerprint density at radius 3 is 2.71 bits per heavy atom. The molecule has 2 heterocycles. The van der Waals surface area contributed by atoms with Gasteiger partial charge in [0.25, 0.3) is 0 Å². The van der Waals surface area contributed by atoms with Gasteiger partial charge in [0.2, 0.25) is 11.7 Å². The van der Waals surface area contributed by atoms with E-state index in [0.29, 0.717) is 35.6 Å². The smallest absolute Gasteiger partial charge is 0.228 e. The van der Waals surface area contributed by atoms with E-state index in [1.807, 2.05) is 24.3 Å². The van der Waals surface area contributed by atoms with Gasteiger partial charge in [-0.15, -0.1) is 0 Å². The highest BCUT2D eigenvalue weighted by molar-refractivity contribution is 6.30. The van der Waals surface area contributed by atoms with Gasteiger partial charge in [-0.1, -0.05) is 37.5 Å². The van der Waals surface area contributed by atoms with Crippen LogP contribution in [0.15, 0.2) is 33.8 Å². The van der Waals surface area contributed by atoms with Gasteiger partial charge >= 0.3 is 0 Å². The Balaban J connectivity index is 1.54. The van der Waals surface area contributed by atoms with E-state index in [1.165, 1.54) is 0 Å². The van der Waals surface area contributed by atoms with Gasteiger partial charge in [-0.3, -0.25) is 4.99 Å². The van der Waals surface area contributed by atoms with Gasteiger partial charge < -0.3 is 19.9 Å². The number of hydrogen-bond donors (Lipinski definition) is 2. The number of nitrogens with zero attached hydrogens (tertiary/aromatic N) is 3. The summed E-state index contributed by atoms with van der Waals surface area (Å²) >= 11 is 5.94. The first-order valence-electron chi connectivity index (χ1n) is 11.1. The highest BCUT2D eigenvalue weighted by Gasteiger charge is 2.35. The number of hydrogen-bond acceptors (Lipinski definition) is 5. The number of nitrogens with one attached hydrogen (secondary N) is 2. The fourth-order valence-electron chi connectivity index (χ4n) is 3.90. The van der Waals surface area contributed by atoms with Crippen LogP contribution in [-0.2, 0) is 11.2 Å². The second kappa shape index (κ2) is 11.0. The average molecular weight is 448 g/mol. The Kier molecular flexibility index (Phi) is 8.32. The molecule has 1 saturated heterocycles. The quantitative estimate of drug-likeness (QED) is 0.485. The molecule has 2 aromatic rings. The van der Waals surface area contributed by atoms with Crippen LogP contribution in [0.5, 0.6) is 0 Å². The number of aromatic nitrogens is 2. The van der Waals surface area contributed by atoms with Crippen LogP contribution in [0.4, 0.5) is 0 Å². The summed E-state index contributed by atoms with van der Waals surface area (Å²) in [4.78, 5) is 9.30. The molecule has 0 bridgehead atoms. The summed E-state index contributed by atoms with van der Waals surface area (Å²) in [5, 5.41) is 11.4. The lowest BCUT2D eigenvalue weighted by atomic mass is 9.78. The van der Waals surface area contributed by atoms with Crippen LogP contribution in [0.2, 0.25) is 5.02 Å². The second-order valence-corrected chi connectivity index (χ2v) is 9.41. The summed E-state index contributed by atoms with van der Waals surface area (Å²) in [7, 11) is 0. The molecular formula is C23H34ClN5O2. The van der Waals surface area contributed by atoms with Gasteiger partial charge in [0.15, 0.2) is 5.96 Å². The zero-order valence-corrected chi connectivity index (χ0v) is 19.7. The average Bonchev–Trinajstić information content (AvgIpc) is 3.21. The standard InChI is InChI=1S/C23H34ClN5O2/c1-5-25-22(27-15-17-7-6-14-30-20(17)23(2,3)4)26-13-12-19-28-21(29-31-19)16-8-10-18(24)11-9-16/h8-11,17,20H,5-7,12-15H2,1-4H3,(H2,25,26,27). The third kappa shape index (κ3) is 6.94. The molecule has 1 aliphatic rings. The predicted molar refractivity (Wildman–Crippen MR) is 124 cm³/mol. The van der Waals surface area contributed by atoms with Gasteiger partial charge in [0.05, 0.1) is 6.10 Å². The van der Waals surface area contributed by atoms with Crippen molar-refractivity contribution in [1.29, 1.82) is 0 Å². The largest absolute Gasteiger partial charge is 0.377 e. The minimum absolute atomic E-state index is 0.117. The molecule has 1 aromatic carbocycles. The highest BCUT2D eigenvalue weighted by atomic mass is 35.5. The summed E-state index contributed by atoms with van der Waals surface area (Å²) < 4.78 is 11.5. The molecule has 3 rings (SSSR count). The van der Waals surface area contributed by atoms with Crippen LogP contribution in [0.25, 0.3) is 11.4 Å². The third-order valence-corrected chi connectivity index (χ3v) is 5.58. The van der Waals surface area contributed by atoms with E-state index in [1.54, 1.807) is 0 Å². The lowest BCUT2D eigenvalue weighted by molar-refractivity contribution is -0.0823. The second-order valence-electron chi connectivity index (χ2n) is 8.97. The molecule has 0 spiro atoms. The highest BCUT2D eigenvalue weighted by Crippen LogP contribution is 2.34. The topological polar surface area (TPSA) is 84.6 Å². The Morgan fingerprint density at radius 2 is 2.00 bits per heavy atom. The molecule has 8 heteroatoms. The van der Waals surface area contributed by atoms with Crippen LogP contribution in [0, 0.1) is 11.3 Å². The number of aliphatic imine (C=N–C) groups is 1. The van der Waals surface area contributed by atoms with Crippen molar-refractivity contribution in [2.24, 2.45) is 16.3 Å². The van der Waals surface area contributed by atoms with Crippen molar-refractivity contribution in [2.75, 3.05) is 26.2 Å². The van der Waals surface area contributed by atoms with Gasteiger partial charge in [0.1, 0.15) is 0 Å². The first kappa shape index (κ1) is 23.5. The Morgan fingerprint density at radius 1 is 1.23 bits per heavy atom. The molecular weight excluding hydrogens is 414 g/mol. The fraction of sp³-hybridized carbons (Fsp3) is 0.609. The third-order valence-electron chi connectivity index (χ3n) is 5.33. The monoisotopic (exact) mass is 447 g/mol. The van der Waals surface area contributed by atoms with Crippen molar-refractivity contribution in [3.63, 3.8) is 0 Å². The van der Waals surface area contributed by atoms with Gasteiger partial charge in [0, 0.05) is 49.2 Å². The molecule has 0 radical (unpaired) electrons. The molecule has 2 N–H and O–H groups in total. The SMILES string of the molecule is CCNC(=NCC1CCCOC1C(C)(C)C)NCCc1nc(-c2ccc(Cl)cc2)no1. The summed E-state index contributed by atoms with van der Waals surface area (Å²) in [6, 6.07) is 7.39. The number of rotatable bonds is 7. The molecule has 0 aliphatic carbocycles. The Labute approximate surface area is 190 Å². The maximum atomic E-state index is 6.09. The minimum atomic E-state index is 0.117. The van der Waals surface area contributed by atoms with E-state index in [0.717, 1.165) is 44.1 Å². The van der Waals surface area contributed by atoms with Crippen molar-refractivity contribution in [3.05, 3.63) is 35.2 Å². The molecule has 7 nitrogen and oxygen atoms in total. The van der Waals surface area contributed by atoms with Crippen molar-refractivity contribution in [1.82, 2.24) is 20.8 Å². The van der Waals surface area contributed by atoms with Crippen molar-refractivity contribution in [3.8, 4) is 11.4 Å². The normalized spacial score (nSPS) is 20.0. The van der Waals surface area contributed by atoms with E-state index >= 15 is 0 Å². The van der Waals surface area contributed by atoms with E-state index < -0.39 is 0 Å². The summed E-state index contributed by atoms with van der Waals surface area (Å²) in [6.45, 7) is 11.8. The fourth-order valence-corrected chi connectivity index (χ4v) is 4.02. The van der Waals surface area contributed by atoms with Crippen molar-refractivity contribution < 1.29 is 9.26 Å². The molecule has 1 aromatic heterocycles. The number of halogens is 1. The molecule has 2 atom stereocenters. The van der Waals surface area contributed by atoms with E-state index in [9.17, 15) is 0 Å². The van der Waals surface area contributed by atoms with Crippen LogP contribution in [0.1, 0.15) is 46.4 Å². The molecule has 2 unspecified atom stereocenters. The summed E-state index contributed by atoms with van der Waals surface area (Å²) in [5.41, 5.74) is 0.997. The maximum absolute atomic E-state index is 6.09. The molecule has 170 valence electrons. The first-order chi connectivity index (χ1) is 14.9. The number of guanidine groups is 1. The van der Waals surface area contributed by atoms with Crippen molar-refractivity contribution >= 4 is 17.6 Å². The maximum Gasteiger partial charge on any atom is 0.228 e. The zero-order valence-electron chi connectivity index (χ0n) is 18.9. The van der Waals surface area contributed by atoms with Gasteiger partial charge in [-0.25, -0.2) is 0 Å². The molecule has 0 saturated carbocycles. The molecule has 1 aliphatic heterocycles. The number of benzene rings is 1. The first-order valence-corrected chi connectivity index (χ1v) is 11.5. The van der Waals surface area contributed by atoms with Gasteiger partial charge in [-0.05, 0) is 49.4 Å². The van der Waals surface area contributed by atoms with Crippen LogP contribution < -0.4 is 10.6 Å².